The first-order chi connectivity index (χ1) is 5.40. The van der Waals surface area contributed by atoms with Crippen molar-refractivity contribution in [2.24, 2.45) is 0 Å². The first-order valence-electron chi connectivity index (χ1n) is 3.29. The molecule has 1 aromatic heterocycles. The van der Waals surface area contributed by atoms with Crippen molar-refractivity contribution in [3.8, 4) is 0 Å². The summed E-state index contributed by atoms with van der Waals surface area (Å²) in [5, 5.41) is 0. The van der Waals surface area contributed by atoms with E-state index in [1.807, 2.05) is 24.3 Å². The molecule has 11 heavy (non-hydrogen) atoms. The Kier molecular flexibility index (Phi) is 1.25. The van der Waals surface area contributed by atoms with Gasteiger partial charge in [0.15, 0.2) is 5.58 Å². The maximum atomic E-state index is 5.23. The molecule has 1 radical (unpaired) electrons. The summed E-state index contributed by atoms with van der Waals surface area (Å²) in [6.07, 6.45) is 2.59. The van der Waals surface area contributed by atoms with Gasteiger partial charge >= 0.3 is 0 Å². The summed E-state index contributed by atoms with van der Waals surface area (Å²) in [5.74, 6) is 0.450. The Morgan fingerprint density at radius 2 is 2.18 bits per heavy atom. The van der Waals surface area contributed by atoms with Gasteiger partial charge in [0.25, 0.3) is 0 Å². The fourth-order valence-electron chi connectivity index (χ4n) is 0.948. The van der Waals surface area contributed by atoms with Gasteiger partial charge in [0.05, 0.1) is 0 Å². The molecule has 1 aromatic carbocycles. The second-order valence-corrected chi connectivity index (χ2v) is 2.16. The molecule has 0 aliphatic carbocycles. The maximum absolute atomic E-state index is 5.23. The van der Waals surface area contributed by atoms with E-state index in [4.69, 9.17) is 4.42 Å². The number of fused-ring (bicyclic) bond motifs is 1. The minimum atomic E-state index is 0.450. The molecule has 0 fully saturated rings. The highest BCUT2D eigenvalue weighted by Gasteiger charge is 1.99. The van der Waals surface area contributed by atoms with Crippen LogP contribution in [0.5, 0.6) is 0 Å². The average molecular weight is 144 g/mol. The summed E-state index contributed by atoms with van der Waals surface area (Å²) >= 11 is 0. The zero-order valence-corrected chi connectivity index (χ0v) is 5.87. The predicted molar refractivity (Wildman–Crippen MR) is 42.0 cm³/mol. The quantitative estimate of drug-likeness (QED) is 0.613. The lowest BCUT2D eigenvalue weighted by molar-refractivity contribution is 0.576. The highest BCUT2D eigenvalue weighted by Crippen LogP contribution is 2.13. The molecule has 2 rings (SSSR count). The molecule has 1 heterocycles. The maximum Gasteiger partial charge on any atom is 0.227 e. The van der Waals surface area contributed by atoms with E-state index in [2.05, 4.69) is 17.6 Å². The van der Waals surface area contributed by atoms with Crippen molar-refractivity contribution in [2.75, 3.05) is 0 Å². The smallest absolute Gasteiger partial charge is 0.227 e. The van der Waals surface area contributed by atoms with Gasteiger partial charge in [-0.1, -0.05) is 18.7 Å². The average Bonchev–Trinajstić information content (AvgIpc) is 2.46. The summed E-state index contributed by atoms with van der Waals surface area (Å²) in [6, 6.07) is 7.57. The first kappa shape index (κ1) is 6.16. The van der Waals surface area contributed by atoms with Crippen molar-refractivity contribution < 1.29 is 4.42 Å². The van der Waals surface area contributed by atoms with E-state index in [1.54, 1.807) is 0 Å². The molecule has 0 spiro atoms. The monoisotopic (exact) mass is 144 g/mol. The van der Waals surface area contributed by atoms with Crippen LogP contribution in [-0.2, 0) is 0 Å². The first-order valence-corrected chi connectivity index (χ1v) is 3.29. The molecule has 0 aliphatic rings. The lowest BCUT2D eigenvalue weighted by Crippen LogP contribution is -1.67. The third-order valence-electron chi connectivity index (χ3n) is 1.45. The van der Waals surface area contributed by atoms with Gasteiger partial charge in [0.1, 0.15) is 5.52 Å². The van der Waals surface area contributed by atoms with Crippen LogP contribution >= 0.6 is 0 Å². The molecule has 0 atom stereocenters. The molecule has 0 unspecified atom stereocenters. The Morgan fingerprint density at radius 1 is 1.36 bits per heavy atom. The van der Waals surface area contributed by atoms with E-state index in [0.717, 1.165) is 11.1 Å². The van der Waals surface area contributed by atoms with Crippen LogP contribution in [0.2, 0.25) is 0 Å². The molecule has 0 N–H and O–H groups in total. The van der Waals surface area contributed by atoms with Crippen molar-refractivity contribution >= 4 is 11.1 Å². The van der Waals surface area contributed by atoms with E-state index in [9.17, 15) is 0 Å². The van der Waals surface area contributed by atoms with Crippen LogP contribution in [0.1, 0.15) is 5.89 Å². The molecule has 0 aliphatic heterocycles. The third kappa shape index (κ3) is 0.923. The number of aromatic nitrogens is 1. The number of benzene rings is 1. The summed E-state index contributed by atoms with van der Waals surface area (Å²) in [4.78, 5) is 4.09. The summed E-state index contributed by atoms with van der Waals surface area (Å²) < 4.78 is 5.23. The number of oxazole rings is 1. The van der Waals surface area contributed by atoms with E-state index in [-0.39, 0.29) is 0 Å². The zero-order valence-electron chi connectivity index (χ0n) is 5.87. The molecule has 2 heteroatoms. The van der Waals surface area contributed by atoms with Crippen molar-refractivity contribution in [3.05, 3.63) is 42.8 Å². The van der Waals surface area contributed by atoms with Gasteiger partial charge in [-0.2, -0.15) is 0 Å². The van der Waals surface area contributed by atoms with E-state index < -0.39 is 0 Å². The van der Waals surface area contributed by atoms with Crippen LogP contribution in [0.15, 0.2) is 35.3 Å². The van der Waals surface area contributed by atoms with Crippen molar-refractivity contribution in [2.45, 2.75) is 0 Å². The van der Waals surface area contributed by atoms with Crippen molar-refractivity contribution in [3.63, 3.8) is 0 Å². The minimum absolute atomic E-state index is 0.450. The van der Waals surface area contributed by atoms with Crippen LogP contribution in [0, 0.1) is 6.08 Å². The molecular weight excluding hydrogens is 138 g/mol. The van der Waals surface area contributed by atoms with Gasteiger partial charge in [-0.3, -0.25) is 0 Å². The van der Waals surface area contributed by atoms with Crippen LogP contribution < -0.4 is 0 Å². The van der Waals surface area contributed by atoms with E-state index in [0.29, 0.717) is 5.89 Å². The Balaban J connectivity index is 2.78. The topological polar surface area (TPSA) is 26.0 Å². The normalized spacial score (nSPS) is 10.2. The van der Waals surface area contributed by atoms with Crippen LogP contribution in [-0.4, -0.2) is 4.98 Å². The third-order valence-corrected chi connectivity index (χ3v) is 1.45. The number of hydrogen-bond acceptors (Lipinski definition) is 2. The molecule has 0 saturated heterocycles. The number of rotatable bonds is 1. The van der Waals surface area contributed by atoms with Crippen molar-refractivity contribution in [1.29, 1.82) is 0 Å². The highest BCUT2D eigenvalue weighted by molar-refractivity contribution is 5.72. The summed E-state index contributed by atoms with van der Waals surface area (Å²) in [5.41, 5.74) is 1.62. The van der Waals surface area contributed by atoms with Gasteiger partial charge in [0.2, 0.25) is 5.89 Å². The second kappa shape index (κ2) is 2.23. The van der Waals surface area contributed by atoms with Gasteiger partial charge < -0.3 is 4.42 Å². The lowest BCUT2D eigenvalue weighted by Gasteiger charge is -1.79. The highest BCUT2D eigenvalue weighted by atomic mass is 16.3. The van der Waals surface area contributed by atoms with Gasteiger partial charge in [-0.15, -0.1) is 0 Å². The standard InChI is InChI=1S/C9H6NO/c1-2-9-10-7-5-3-4-6-8(7)11-9/h3-6H,1H2. The Morgan fingerprint density at radius 3 is 2.91 bits per heavy atom. The Bertz CT molecular complexity index is 356. The molecule has 0 bridgehead atoms. The number of para-hydroxylation sites is 2. The number of nitrogens with zero attached hydrogens (tertiary/aromatic N) is 1. The van der Waals surface area contributed by atoms with Crippen LogP contribution in [0.3, 0.4) is 0 Å². The lowest BCUT2D eigenvalue weighted by atomic mass is 10.3. The van der Waals surface area contributed by atoms with Crippen LogP contribution in [0.4, 0.5) is 0 Å². The largest absolute Gasteiger partial charge is 0.436 e. The molecule has 0 saturated carbocycles. The van der Waals surface area contributed by atoms with E-state index >= 15 is 0 Å². The molecular formula is C9H6NO. The Labute approximate surface area is 64.2 Å². The Hall–Kier alpha value is -1.57. The zero-order chi connectivity index (χ0) is 7.68. The molecule has 2 aromatic rings. The summed E-state index contributed by atoms with van der Waals surface area (Å²) in [6.45, 7) is 3.44. The summed E-state index contributed by atoms with van der Waals surface area (Å²) in [7, 11) is 0. The molecule has 53 valence electrons. The van der Waals surface area contributed by atoms with Gasteiger partial charge in [-0.05, 0) is 12.1 Å². The SMILES string of the molecule is C=[C]c1nc2ccccc2o1. The van der Waals surface area contributed by atoms with Gasteiger partial charge in [0, 0.05) is 6.08 Å². The molecule has 2 nitrogen and oxygen atoms in total. The second-order valence-electron chi connectivity index (χ2n) is 2.16. The van der Waals surface area contributed by atoms with Crippen molar-refractivity contribution in [1.82, 2.24) is 4.98 Å². The predicted octanol–water partition coefficient (Wildman–Crippen LogP) is 2.17. The molecule has 0 amide bonds. The van der Waals surface area contributed by atoms with E-state index in [1.165, 1.54) is 0 Å². The minimum Gasteiger partial charge on any atom is -0.436 e. The fourth-order valence-corrected chi connectivity index (χ4v) is 0.948. The number of hydrogen-bond donors (Lipinski definition) is 0. The van der Waals surface area contributed by atoms with Gasteiger partial charge in [-0.25, -0.2) is 4.98 Å². The fraction of sp³-hybridized carbons (Fsp3) is 0. The van der Waals surface area contributed by atoms with Crippen LogP contribution in [0.25, 0.3) is 11.1 Å².